The number of hydrogen-bond donors (Lipinski definition) is 2. The Morgan fingerprint density at radius 1 is 1.14 bits per heavy atom. The number of furan rings is 1. The summed E-state index contributed by atoms with van der Waals surface area (Å²) in [5.74, 6) is 1.78. The molecule has 7 heteroatoms. The van der Waals surface area contributed by atoms with Crippen LogP contribution in [0.2, 0.25) is 0 Å². The molecule has 2 heterocycles. The lowest BCUT2D eigenvalue weighted by molar-refractivity contribution is 0.287. The fourth-order valence-electron chi connectivity index (χ4n) is 3.03. The molecule has 6 nitrogen and oxygen atoms in total. The molecule has 0 saturated heterocycles. The van der Waals surface area contributed by atoms with Gasteiger partial charge in [-0.25, -0.2) is 9.98 Å². The number of nitrogens with one attached hydrogen (secondary N) is 2. The number of benzene rings is 1. The van der Waals surface area contributed by atoms with Crippen molar-refractivity contribution in [3.63, 3.8) is 0 Å². The molecule has 0 aliphatic carbocycles. The summed E-state index contributed by atoms with van der Waals surface area (Å²) in [7, 11) is 2.10. The van der Waals surface area contributed by atoms with E-state index in [4.69, 9.17) is 9.41 Å². The molecule has 0 aliphatic heterocycles. The molecular weight excluding hydrogens is 382 g/mol. The van der Waals surface area contributed by atoms with Crippen LogP contribution >= 0.6 is 11.3 Å². The van der Waals surface area contributed by atoms with Crippen molar-refractivity contribution in [2.45, 2.75) is 40.0 Å². The summed E-state index contributed by atoms with van der Waals surface area (Å²) in [6.07, 6.45) is 3.62. The normalized spacial score (nSPS) is 11.8. The van der Waals surface area contributed by atoms with Gasteiger partial charge >= 0.3 is 0 Å². The van der Waals surface area contributed by atoms with Gasteiger partial charge in [-0.1, -0.05) is 24.3 Å². The van der Waals surface area contributed by atoms with Gasteiger partial charge in [0.2, 0.25) is 0 Å². The van der Waals surface area contributed by atoms with Crippen molar-refractivity contribution in [3.05, 3.63) is 75.6 Å². The zero-order valence-corrected chi connectivity index (χ0v) is 18.1. The molecule has 3 aromatic rings. The van der Waals surface area contributed by atoms with E-state index in [1.54, 1.807) is 17.6 Å². The SMILES string of the molecule is CCNC(=NCc1ccccc1CN(C)Cc1ccco1)NCc1ncc(C)s1. The first kappa shape index (κ1) is 21.1. The summed E-state index contributed by atoms with van der Waals surface area (Å²) in [4.78, 5) is 12.7. The maximum Gasteiger partial charge on any atom is 0.191 e. The zero-order valence-electron chi connectivity index (χ0n) is 17.3. The van der Waals surface area contributed by atoms with Gasteiger partial charge in [0.15, 0.2) is 5.96 Å². The van der Waals surface area contributed by atoms with Crippen molar-refractivity contribution in [2.75, 3.05) is 13.6 Å². The predicted octanol–water partition coefficient (Wildman–Crippen LogP) is 3.93. The van der Waals surface area contributed by atoms with Crippen LogP contribution in [0, 0.1) is 6.92 Å². The number of thiazole rings is 1. The minimum atomic E-state index is 0.622. The van der Waals surface area contributed by atoms with Crippen molar-refractivity contribution in [3.8, 4) is 0 Å². The minimum Gasteiger partial charge on any atom is -0.468 e. The molecule has 0 saturated carbocycles. The predicted molar refractivity (Wildman–Crippen MR) is 119 cm³/mol. The summed E-state index contributed by atoms with van der Waals surface area (Å²) in [5.41, 5.74) is 2.50. The van der Waals surface area contributed by atoms with E-state index in [-0.39, 0.29) is 0 Å². The monoisotopic (exact) mass is 411 g/mol. The molecule has 3 rings (SSSR count). The Morgan fingerprint density at radius 2 is 1.97 bits per heavy atom. The number of hydrogen-bond acceptors (Lipinski definition) is 5. The van der Waals surface area contributed by atoms with Gasteiger partial charge in [0.1, 0.15) is 10.8 Å². The van der Waals surface area contributed by atoms with Crippen LogP contribution < -0.4 is 10.6 Å². The molecule has 154 valence electrons. The van der Waals surface area contributed by atoms with Crippen LogP contribution in [-0.2, 0) is 26.2 Å². The smallest absolute Gasteiger partial charge is 0.191 e. The Hall–Kier alpha value is -2.64. The third-order valence-corrected chi connectivity index (χ3v) is 5.31. The van der Waals surface area contributed by atoms with Crippen LogP contribution in [0.25, 0.3) is 0 Å². The van der Waals surface area contributed by atoms with Crippen molar-refractivity contribution in [1.29, 1.82) is 0 Å². The van der Waals surface area contributed by atoms with E-state index >= 15 is 0 Å². The standard InChI is InChI=1S/C22H29N5OS/c1-4-23-22(26-14-21-24-12-17(2)29-21)25-13-18-8-5-6-9-19(18)15-27(3)16-20-10-7-11-28-20/h5-12H,4,13-16H2,1-3H3,(H2,23,25,26). The summed E-state index contributed by atoms with van der Waals surface area (Å²) < 4.78 is 5.46. The second-order valence-electron chi connectivity index (χ2n) is 6.93. The first-order chi connectivity index (χ1) is 14.1. The molecule has 0 bridgehead atoms. The highest BCUT2D eigenvalue weighted by molar-refractivity contribution is 7.11. The fourth-order valence-corrected chi connectivity index (χ4v) is 3.76. The third-order valence-electron chi connectivity index (χ3n) is 4.39. The van der Waals surface area contributed by atoms with E-state index in [0.717, 1.165) is 36.4 Å². The molecular formula is C22H29N5OS. The van der Waals surface area contributed by atoms with Gasteiger partial charge in [0.05, 0.1) is 25.9 Å². The summed E-state index contributed by atoms with van der Waals surface area (Å²) in [6, 6.07) is 12.4. The second kappa shape index (κ2) is 10.8. The highest BCUT2D eigenvalue weighted by atomic mass is 32.1. The van der Waals surface area contributed by atoms with Crippen molar-refractivity contribution in [1.82, 2.24) is 20.5 Å². The molecule has 0 amide bonds. The molecule has 1 aromatic carbocycles. The number of aromatic nitrogens is 1. The van der Waals surface area contributed by atoms with Crippen LogP contribution in [0.5, 0.6) is 0 Å². The van der Waals surface area contributed by atoms with Gasteiger partial charge in [0, 0.05) is 24.2 Å². The lowest BCUT2D eigenvalue weighted by Crippen LogP contribution is -2.36. The number of aryl methyl sites for hydroxylation is 1. The first-order valence-corrected chi connectivity index (χ1v) is 10.7. The Balaban J connectivity index is 1.62. The van der Waals surface area contributed by atoms with Crippen molar-refractivity contribution in [2.24, 2.45) is 4.99 Å². The highest BCUT2D eigenvalue weighted by Gasteiger charge is 2.08. The Kier molecular flexibility index (Phi) is 7.84. The molecule has 0 aliphatic rings. The summed E-state index contributed by atoms with van der Waals surface area (Å²) in [5, 5.41) is 7.75. The van der Waals surface area contributed by atoms with Crippen molar-refractivity contribution >= 4 is 17.3 Å². The molecule has 2 aromatic heterocycles. The molecule has 0 atom stereocenters. The molecule has 29 heavy (non-hydrogen) atoms. The van der Waals surface area contributed by atoms with Gasteiger partial charge in [-0.2, -0.15) is 0 Å². The van der Waals surface area contributed by atoms with Gasteiger partial charge in [0.25, 0.3) is 0 Å². The van der Waals surface area contributed by atoms with E-state index in [1.165, 1.54) is 16.0 Å². The van der Waals surface area contributed by atoms with E-state index in [9.17, 15) is 0 Å². The number of guanidine groups is 1. The van der Waals surface area contributed by atoms with Gasteiger partial charge in [-0.3, -0.25) is 4.90 Å². The Labute approximate surface area is 176 Å². The van der Waals surface area contributed by atoms with Gasteiger partial charge < -0.3 is 15.1 Å². The van der Waals surface area contributed by atoms with E-state index in [1.807, 2.05) is 18.3 Å². The van der Waals surface area contributed by atoms with Crippen LogP contribution in [0.4, 0.5) is 0 Å². The van der Waals surface area contributed by atoms with E-state index in [2.05, 4.69) is 65.7 Å². The topological polar surface area (TPSA) is 65.7 Å². The summed E-state index contributed by atoms with van der Waals surface area (Å²) >= 11 is 1.70. The molecule has 2 N–H and O–H groups in total. The number of rotatable bonds is 9. The number of aliphatic imine (C=N–C) groups is 1. The lowest BCUT2D eigenvalue weighted by Gasteiger charge is -2.17. The lowest BCUT2D eigenvalue weighted by atomic mass is 10.1. The largest absolute Gasteiger partial charge is 0.468 e. The van der Waals surface area contributed by atoms with Gasteiger partial charge in [-0.05, 0) is 44.2 Å². The van der Waals surface area contributed by atoms with Crippen molar-refractivity contribution < 1.29 is 4.42 Å². The first-order valence-electron chi connectivity index (χ1n) is 9.85. The van der Waals surface area contributed by atoms with Crippen LogP contribution in [0.1, 0.15) is 33.7 Å². The molecule has 0 fully saturated rings. The third kappa shape index (κ3) is 6.73. The van der Waals surface area contributed by atoms with Crippen LogP contribution in [-0.4, -0.2) is 29.4 Å². The van der Waals surface area contributed by atoms with E-state index < -0.39 is 0 Å². The Morgan fingerprint density at radius 3 is 2.66 bits per heavy atom. The summed E-state index contributed by atoms with van der Waals surface area (Å²) in [6.45, 7) is 7.88. The average Bonchev–Trinajstić information content (AvgIpc) is 3.36. The average molecular weight is 412 g/mol. The van der Waals surface area contributed by atoms with Crippen LogP contribution in [0.15, 0.2) is 58.3 Å². The molecule has 0 spiro atoms. The zero-order chi connectivity index (χ0) is 20.5. The molecule has 0 unspecified atom stereocenters. The second-order valence-corrected chi connectivity index (χ2v) is 8.25. The molecule has 0 radical (unpaired) electrons. The van der Waals surface area contributed by atoms with Gasteiger partial charge in [-0.15, -0.1) is 11.3 Å². The maximum absolute atomic E-state index is 5.46. The van der Waals surface area contributed by atoms with E-state index in [0.29, 0.717) is 13.1 Å². The van der Waals surface area contributed by atoms with Crippen LogP contribution in [0.3, 0.4) is 0 Å². The number of nitrogens with zero attached hydrogens (tertiary/aromatic N) is 3. The fraction of sp³-hybridized carbons (Fsp3) is 0.364. The highest BCUT2D eigenvalue weighted by Crippen LogP contribution is 2.15. The Bertz CT molecular complexity index is 904. The minimum absolute atomic E-state index is 0.622. The maximum atomic E-state index is 5.46. The quantitative estimate of drug-likeness (QED) is 0.413.